The molecule has 1 aliphatic heterocycles. The fourth-order valence-electron chi connectivity index (χ4n) is 3.11. The quantitative estimate of drug-likeness (QED) is 0.921. The maximum Gasteiger partial charge on any atom is 0.416 e. The summed E-state index contributed by atoms with van der Waals surface area (Å²) in [7, 11) is 1.74. The van der Waals surface area contributed by atoms with E-state index in [0.717, 1.165) is 17.8 Å². The fourth-order valence-corrected chi connectivity index (χ4v) is 3.11. The third-order valence-electron chi connectivity index (χ3n) is 4.00. The molecule has 0 fully saturated rings. The summed E-state index contributed by atoms with van der Waals surface area (Å²) in [4.78, 5) is 12.1. The van der Waals surface area contributed by atoms with E-state index in [0.29, 0.717) is 16.8 Å². The molecule has 7 heteroatoms. The second-order valence-electron chi connectivity index (χ2n) is 5.96. The number of hydrogen-bond donors (Lipinski definition) is 1. The maximum atomic E-state index is 12.9. The Balaban J connectivity index is 2.13. The van der Waals surface area contributed by atoms with Crippen molar-refractivity contribution in [1.29, 1.82) is 0 Å². The number of nitrogens with zero attached hydrogens (tertiary/aromatic N) is 2. The zero-order valence-corrected chi connectivity index (χ0v) is 12.9. The van der Waals surface area contributed by atoms with Gasteiger partial charge in [-0.15, -0.1) is 0 Å². The summed E-state index contributed by atoms with van der Waals surface area (Å²) in [6, 6.07) is 4.44. The van der Waals surface area contributed by atoms with Gasteiger partial charge in [-0.25, -0.2) is 0 Å². The number of fused-ring (bicyclic) bond motifs is 1. The van der Waals surface area contributed by atoms with Crippen molar-refractivity contribution >= 4 is 5.91 Å². The van der Waals surface area contributed by atoms with Crippen LogP contribution >= 0.6 is 0 Å². The van der Waals surface area contributed by atoms with Crippen LogP contribution in [0, 0.1) is 0 Å². The van der Waals surface area contributed by atoms with Crippen LogP contribution in [0.2, 0.25) is 0 Å². The molecule has 23 heavy (non-hydrogen) atoms. The zero-order valence-electron chi connectivity index (χ0n) is 12.9. The molecular weight excluding hydrogens is 307 g/mol. The molecule has 2 aromatic rings. The Bertz CT molecular complexity index is 777. The average Bonchev–Trinajstić information content (AvgIpc) is 2.95. The summed E-state index contributed by atoms with van der Waals surface area (Å²) in [6.45, 7) is 3.92. The number of aryl methyl sites for hydroxylation is 1. The van der Waals surface area contributed by atoms with Gasteiger partial charge in [-0.2, -0.15) is 18.3 Å². The number of nitrogens with one attached hydrogen (secondary N) is 1. The van der Waals surface area contributed by atoms with E-state index in [1.54, 1.807) is 17.8 Å². The van der Waals surface area contributed by atoms with Gasteiger partial charge in [0.25, 0.3) is 5.91 Å². The molecule has 0 radical (unpaired) electrons. The Kier molecular flexibility index (Phi) is 3.46. The van der Waals surface area contributed by atoms with E-state index >= 15 is 0 Å². The lowest BCUT2D eigenvalue weighted by atomic mass is 9.94. The molecule has 1 N–H and O–H groups in total. The van der Waals surface area contributed by atoms with Crippen LogP contribution < -0.4 is 5.32 Å². The van der Waals surface area contributed by atoms with E-state index in [4.69, 9.17) is 0 Å². The van der Waals surface area contributed by atoms with Crippen molar-refractivity contribution in [2.45, 2.75) is 32.0 Å². The minimum absolute atomic E-state index is 0.0947. The molecule has 1 atom stereocenters. The monoisotopic (exact) mass is 323 g/mol. The topological polar surface area (TPSA) is 46.9 Å². The standard InChI is InChI=1S/C16H16F3N3O/c1-8(2)14-11-12(20-15(23)13(11)21-22(14)3)9-5-4-6-10(7-9)16(17,18)19/h4-8,12H,1-3H3,(H,20,23). The third-order valence-corrected chi connectivity index (χ3v) is 4.00. The van der Waals surface area contributed by atoms with Gasteiger partial charge in [0.2, 0.25) is 0 Å². The van der Waals surface area contributed by atoms with Crippen molar-refractivity contribution in [1.82, 2.24) is 15.1 Å². The van der Waals surface area contributed by atoms with Crippen LogP contribution in [0.25, 0.3) is 0 Å². The summed E-state index contributed by atoms with van der Waals surface area (Å²) in [6.07, 6.45) is -4.42. The molecule has 1 aromatic heterocycles. The molecule has 1 amide bonds. The molecular formula is C16H16F3N3O. The van der Waals surface area contributed by atoms with Crippen LogP contribution in [0.4, 0.5) is 13.2 Å². The van der Waals surface area contributed by atoms with Gasteiger partial charge < -0.3 is 5.32 Å². The smallest absolute Gasteiger partial charge is 0.340 e. The van der Waals surface area contributed by atoms with E-state index < -0.39 is 17.8 Å². The van der Waals surface area contributed by atoms with Crippen molar-refractivity contribution in [2.75, 3.05) is 0 Å². The predicted molar refractivity (Wildman–Crippen MR) is 78.1 cm³/mol. The second kappa shape index (κ2) is 5.11. The first-order chi connectivity index (χ1) is 10.7. The Morgan fingerprint density at radius 3 is 2.61 bits per heavy atom. The molecule has 1 aliphatic rings. The Morgan fingerprint density at radius 2 is 2.00 bits per heavy atom. The van der Waals surface area contributed by atoms with E-state index in [1.807, 2.05) is 13.8 Å². The highest BCUT2D eigenvalue weighted by atomic mass is 19.4. The van der Waals surface area contributed by atoms with Crippen molar-refractivity contribution in [3.05, 3.63) is 52.3 Å². The molecule has 0 spiro atoms. The lowest BCUT2D eigenvalue weighted by molar-refractivity contribution is -0.137. The molecule has 4 nitrogen and oxygen atoms in total. The highest BCUT2D eigenvalue weighted by Crippen LogP contribution is 2.38. The average molecular weight is 323 g/mol. The molecule has 0 bridgehead atoms. The van der Waals surface area contributed by atoms with Crippen LogP contribution in [0.5, 0.6) is 0 Å². The highest BCUT2D eigenvalue weighted by molar-refractivity contribution is 5.98. The number of amides is 1. The van der Waals surface area contributed by atoms with Crippen LogP contribution in [-0.2, 0) is 13.2 Å². The van der Waals surface area contributed by atoms with Gasteiger partial charge in [0.15, 0.2) is 5.69 Å². The molecule has 1 aromatic carbocycles. The first-order valence-corrected chi connectivity index (χ1v) is 7.25. The summed E-state index contributed by atoms with van der Waals surface area (Å²) in [5.41, 5.74) is 1.49. The van der Waals surface area contributed by atoms with Gasteiger partial charge in [-0.05, 0) is 23.6 Å². The lowest BCUT2D eigenvalue weighted by Crippen LogP contribution is -2.23. The van der Waals surface area contributed by atoms with Gasteiger partial charge in [0.05, 0.1) is 11.6 Å². The third kappa shape index (κ3) is 2.50. The number of carbonyl (C=O) groups is 1. The number of benzene rings is 1. The second-order valence-corrected chi connectivity index (χ2v) is 5.96. The Morgan fingerprint density at radius 1 is 1.30 bits per heavy atom. The minimum atomic E-state index is -4.42. The van der Waals surface area contributed by atoms with Crippen LogP contribution in [-0.4, -0.2) is 15.7 Å². The first-order valence-electron chi connectivity index (χ1n) is 7.25. The molecule has 2 heterocycles. The normalized spacial score (nSPS) is 17.5. The highest BCUT2D eigenvalue weighted by Gasteiger charge is 2.38. The van der Waals surface area contributed by atoms with Crippen LogP contribution in [0.15, 0.2) is 24.3 Å². The van der Waals surface area contributed by atoms with Gasteiger partial charge in [-0.3, -0.25) is 9.48 Å². The predicted octanol–water partition coefficient (Wildman–Crippen LogP) is 3.40. The molecule has 122 valence electrons. The van der Waals surface area contributed by atoms with E-state index in [1.165, 1.54) is 6.07 Å². The van der Waals surface area contributed by atoms with E-state index in [9.17, 15) is 18.0 Å². The molecule has 0 aliphatic carbocycles. The van der Waals surface area contributed by atoms with Crippen molar-refractivity contribution in [3.8, 4) is 0 Å². The van der Waals surface area contributed by atoms with Gasteiger partial charge in [0.1, 0.15) is 0 Å². The fraction of sp³-hybridized carbons (Fsp3) is 0.375. The SMILES string of the molecule is CC(C)c1c2c(nn1C)C(=O)NC2c1cccc(C(F)(F)F)c1. The zero-order chi connectivity index (χ0) is 16.9. The van der Waals surface area contributed by atoms with Crippen molar-refractivity contribution in [2.24, 2.45) is 7.05 Å². The summed E-state index contributed by atoms with van der Waals surface area (Å²) in [5, 5.41) is 6.96. The summed E-state index contributed by atoms with van der Waals surface area (Å²) in [5.74, 6) is -0.262. The number of aromatic nitrogens is 2. The summed E-state index contributed by atoms with van der Waals surface area (Å²) >= 11 is 0. The number of rotatable bonds is 2. The minimum Gasteiger partial charge on any atom is -0.340 e. The Labute approximate surface area is 131 Å². The number of alkyl halides is 3. The number of hydrogen-bond acceptors (Lipinski definition) is 2. The summed E-state index contributed by atoms with van der Waals surface area (Å²) < 4.78 is 40.4. The number of halogens is 3. The van der Waals surface area contributed by atoms with Crippen molar-refractivity contribution in [3.63, 3.8) is 0 Å². The van der Waals surface area contributed by atoms with E-state index in [2.05, 4.69) is 10.4 Å². The molecule has 0 saturated carbocycles. The first kappa shape index (κ1) is 15.6. The largest absolute Gasteiger partial charge is 0.416 e. The van der Waals surface area contributed by atoms with Gasteiger partial charge >= 0.3 is 6.18 Å². The molecule has 1 unspecified atom stereocenters. The van der Waals surface area contributed by atoms with Gasteiger partial charge in [-0.1, -0.05) is 26.0 Å². The van der Waals surface area contributed by atoms with E-state index in [-0.39, 0.29) is 11.8 Å². The molecule has 3 rings (SSSR count). The number of carbonyl (C=O) groups excluding carboxylic acids is 1. The maximum absolute atomic E-state index is 12.9. The lowest BCUT2D eigenvalue weighted by Gasteiger charge is -2.18. The van der Waals surface area contributed by atoms with Crippen LogP contribution in [0.3, 0.4) is 0 Å². The molecule has 0 saturated heterocycles. The van der Waals surface area contributed by atoms with Crippen molar-refractivity contribution < 1.29 is 18.0 Å². The van der Waals surface area contributed by atoms with Crippen LogP contribution in [0.1, 0.15) is 58.7 Å². The Hall–Kier alpha value is -2.31. The van der Waals surface area contributed by atoms with Gasteiger partial charge in [0, 0.05) is 18.3 Å².